The normalized spacial score (nSPS) is 11.8. The van der Waals surface area contributed by atoms with Gasteiger partial charge in [-0.25, -0.2) is 26.1 Å². The van der Waals surface area contributed by atoms with Crippen LogP contribution in [-0.2, 0) is 20.0 Å². The van der Waals surface area contributed by atoms with Crippen molar-refractivity contribution < 1.29 is 31.4 Å². The number of benzene rings is 3. The fraction of sp³-hybridized carbons (Fsp3) is 0.200. The molecule has 0 amide bonds. The molecule has 19 heteroatoms. The number of hydrogen-bond acceptors (Lipinski definition) is 11. The van der Waals surface area contributed by atoms with Crippen molar-refractivity contribution in [3.05, 3.63) is 111 Å². The lowest BCUT2D eigenvalue weighted by Crippen LogP contribution is -2.32. The lowest BCUT2D eigenvalue weighted by Gasteiger charge is -2.24. The summed E-state index contributed by atoms with van der Waals surface area (Å²) in [6.45, 7) is -0.0398. The average molecular weight is 730 g/mol. The van der Waals surface area contributed by atoms with Crippen LogP contribution in [0.25, 0.3) is 16.8 Å². The van der Waals surface area contributed by atoms with Crippen molar-refractivity contribution in [2.24, 2.45) is 0 Å². The maximum atomic E-state index is 13.8. The molecule has 0 aliphatic heterocycles. The number of anilines is 1. The average Bonchev–Trinajstić information content (AvgIpc) is 3.51. The van der Waals surface area contributed by atoms with Crippen LogP contribution in [0, 0.1) is 20.2 Å². The predicted molar refractivity (Wildman–Crippen MR) is 180 cm³/mol. The lowest BCUT2D eigenvalue weighted by atomic mass is 10.1. The SMILES string of the molecule is O=[N+]([O-])c1ccccc1S(=O)(=O)NCCCOc1ccn2ncc(-c3cccc(N(CCCCl)S(=O)(=O)c4ccccc4[N+](=O)[O-])c3)c2n1. The molecule has 0 radical (unpaired) electrons. The van der Waals surface area contributed by atoms with Gasteiger partial charge in [-0.15, -0.1) is 11.6 Å². The quantitative estimate of drug-likeness (QED) is 0.0632. The molecule has 0 spiro atoms. The third kappa shape index (κ3) is 7.78. The molecule has 16 nitrogen and oxygen atoms in total. The van der Waals surface area contributed by atoms with Gasteiger partial charge in [0.1, 0.15) is 0 Å². The van der Waals surface area contributed by atoms with Gasteiger partial charge < -0.3 is 4.74 Å². The number of alkyl halides is 1. The van der Waals surface area contributed by atoms with Crippen molar-refractivity contribution in [1.82, 2.24) is 19.3 Å². The highest BCUT2D eigenvalue weighted by Gasteiger charge is 2.32. The first kappa shape index (κ1) is 35.1. The van der Waals surface area contributed by atoms with Gasteiger partial charge in [0.15, 0.2) is 15.4 Å². The monoisotopic (exact) mass is 729 g/mol. The van der Waals surface area contributed by atoms with E-state index in [9.17, 15) is 37.1 Å². The zero-order valence-electron chi connectivity index (χ0n) is 25.5. The predicted octanol–water partition coefficient (Wildman–Crippen LogP) is 4.78. The van der Waals surface area contributed by atoms with Crippen LogP contribution in [0.1, 0.15) is 12.8 Å². The molecule has 5 aromatic rings. The fourth-order valence-electron chi connectivity index (χ4n) is 4.87. The van der Waals surface area contributed by atoms with E-state index in [0.29, 0.717) is 16.8 Å². The van der Waals surface area contributed by atoms with E-state index in [1.54, 1.807) is 42.7 Å². The van der Waals surface area contributed by atoms with Crippen molar-refractivity contribution in [2.75, 3.05) is 29.9 Å². The van der Waals surface area contributed by atoms with E-state index in [4.69, 9.17) is 16.3 Å². The topological polar surface area (TPSA) is 209 Å². The highest BCUT2D eigenvalue weighted by atomic mass is 35.5. The number of nitrogens with zero attached hydrogens (tertiary/aromatic N) is 6. The van der Waals surface area contributed by atoms with Gasteiger partial charge in [0.05, 0.1) is 28.3 Å². The molecule has 0 aliphatic rings. The van der Waals surface area contributed by atoms with Crippen LogP contribution in [0.15, 0.2) is 101 Å². The third-order valence-electron chi connectivity index (χ3n) is 7.13. The van der Waals surface area contributed by atoms with Crippen LogP contribution in [-0.4, -0.2) is 66.9 Å². The minimum absolute atomic E-state index is 0.0370. The molecule has 0 aliphatic carbocycles. The minimum Gasteiger partial charge on any atom is -0.478 e. The van der Waals surface area contributed by atoms with E-state index in [1.807, 2.05) is 0 Å². The lowest BCUT2D eigenvalue weighted by molar-refractivity contribution is -0.388. The largest absolute Gasteiger partial charge is 0.478 e. The first-order chi connectivity index (χ1) is 23.4. The Morgan fingerprint density at radius 3 is 2.24 bits per heavy atom. The Kier molecular flexibility index (Phi) is 10.7. The summed E-state index contributed by atoms with van der Waals surface area (Å²) in [5.74, 6) is 0.361. The van der Waals surface area contributed by atoms with E-state index < -0.39 is 51.1 Å². The number of sulfonamides is 2. The molecule has 0 unspecified atom stereocenters. The maximum Gasteiger partial charge on any atom is 0.289 e. The highest BCUT2D eigenvalue weighted by Crippen LogP contribution is 2.33. The second-order valence-corrected chi connectivity index (χ2v) is 14.3. The van der Waals surface area contributed by atoms with Crippen LogP contribution >= 0.6 is 11.6 Å². The molecule has 0 atom stereocenters. The maximum absolute atomic E-state index is 13.8. The Bertz CT molecular complexity index is 2230. The molecule has 0 bridgehead atoms. The number of nitrogens with one attached hydrogen (secondary N) is 1. The first-order valence-electron chi connectivity index (χ1n) is 14.6. The zero-order valence-corrected chi connectivity index (χ0v) is 27.8. The van der Waals surface area contributed by atoms with Gasteiger partial charge in [0.2, 0.25) is 15.9 Å². The zero-order chi connectivity index (χ0) is 35.2. The molecule has 0 saturated heterocycles. The molecule has 2 heterocycles. The summed E-state index contributed by atoms with van der Waals surface area (Å²) in [6.07, 6.45) is 3.64. The van der Waals surface area contributed by atoms with Gasteiger partial charge in [-0.3, -0.25) is 24.5 Å². The van der Waals surface area contributed by atoms with E-state index >= 15 is 0 Å². The number of nitro groups is 2. The second-order valence-electron chi connectivity index (χ2n) is 10.3. The van der Waals surface area contributed by atoms with E-state index in [1.165, 1.54) is 34.8 Å². The van der Waals surface area contributed by atoms with Crippen molar-refractivity contribution in [3.8, 4) is 17.0 Å². The number of nitro benzene ring substituents is 2. The van der Waals surface area contributed by atoms with Gasteiger partial charge >= 0.3 is 0 Å². The molecular weight excluding hydrogens is 702 g/mol. The molecule has 3 aromatic carbocycles. The molecule has 256 valence electrons. The van der Waals surface area contributed by atoms with Crippen molar-refractivity contribution >= 4 is 54.4 Å². The van der Waals surface area contributed by atoms with Gasteiger partial charge in [-0.05, 0) is 42.7 Å². The van der Waals surface area contributed by atoms with E-state index in [2.05, 4.69) is 14.8 Å². The molecule has 5 rings (SSSR count). The Hall–Kier alpha value is -5.17. The third-order valence-corrected chi connectivity index (χ3v) is 10.8. The molecule has 49 heavy (non-hydrogen) atoms. The summed E-state index contributed by atoms with van der Waals surface area (Å²) in [6, 6.07) is 18.3. The van der Waals surface area contributed by atoms with Crippen molar-refractivity contribution in [3.63, 3.8) is 0 Å². The highest BCUT2D eigenvalue weighted by molar-refractivity contribution is 7.93. The number of hydrogen-bond donors (Lipinski definition) is 1. The molecule has 0 fully saturated rings. The summed E-state index contributed by atoms with van der Waals surface area (Å²) in [7, 11) is -8.52. The minimum atomic E-state index is -4.38. The molecule has 0 saturated carbocycles. The van der Waals surface area contributed by atoms with Crippen LogP contribution in [0.4, 0.5) is 17.1 Å². The van der Waals surface area contributed by atoms with E-state index in [-0.39, 0.29) is 50.0 Å². The van der Waals surface area contributed by atoms with Gasteiger partial charge in [-0.2, -0.15) is 10.1 Å². The number of aromatic nitrogens is 3. The molecule has 2 aromatic heterocycles. The summed E-state index contributed by atoms with van der Waals surface area (Å²) >= 11 is 5.91. The van der Waals surface area contributed by atoms with Crippen LogP contribution in [0.2, 0.25) is 0 Å². The number of fused-ring (bicyclic) bond motifs is 1. The summed E-state index contributed by atoms with van der Waals surface area (Å²) in [5.41, 5.74) is 0.624. The smallest absolute Gasteiger partial charge is 0.289 e. The Labute approximate surface area is 285 Å². The second kappa shape index (κ2) is 14.9. The summed E-state index contributed by atoms with van der Waals surface area (Å²) in [4.78, 5) is 25.0. The number of halogens is 1. The first-order valence-corrected chi connectivity index (χ1v) is 18.0. The van der Waals surface area contributed by atoms with Crippen molar-refractivity contribution in [1.29, 1.82) is 0 Å². The van der Waals surface area contributed by atoms with Crippen molar-refractivity contribution in [2.45, 2.75) is 22.6 Å². The molecule has 1 N–H and O–H groups in total. The number of para-hydroxylation sites is 2. The standard InChI is InChI=1S/C30H28ClN7O9S2/c31-15-6-17-36(49(45,46)28-13-4-2-11-26(28)38(41)42)23-9-5-8-22(20-23)24-21-32-35-18-14-29(34-30(24)35)47-19-7-16-33-48(43,44)27-12-3-1-10-25(27)37(39)40/h1-5,8-14,18,20-21,33H,6-7,15-17,19H2. The van der Waals surface area contributed by atoms with Gasteiger partial charge in [0, 0.05) is 48.9 Å². The van der Waals surface area contributed by atoms with E-state index in [0.717, 1.165) is 22.5 Å². The Balaban J connectivity index is 1.34. The summed E-state index contributed by atoms with van der Waals surface area (Å²) in [5, 5.41) is 27.2. The van der Waals surface area contributed by atoms with Gasteiger partial charge in [-0.1, -0.05) is 36.4 Å². The van der Waals surface area contributed by atoms with Crippen LogP contribution in [0.3, 0.4) is 0 Å². The van der Waals surface area contributed by atoms with Gasteiger partial charge in [0.25, 0.3) is 21.4 Å². The fourth-order valence-corrected chi connectivity index (χ4v) is 7.89. The van der Waals surface area contributed by atoms with Crippen LogP contribution < -0.4 is 13.8 Å². The van der Waals surface area contributed by atoms with Crippen LogP contribution in [0.5, 0.6) is 5.88 Å². The number of ether oxygens (including phenoxy) is 1. The number of rotatable bonds is 16. The summed E-state index contributed by atoms with van der Waals surface area (Å²) < 4.78 is 63.5. The Morgan fingerprint density at radius 2 is 1.55 bits per heavy atom. The molecular formula is C30H28ClN7O9S2. The Morgan fingerprint density at radius 1 is 0.878 bits per heavy atom.